The molecular weight excluding hydrogens is 290 g/mol. The molecule has 0 atom stereocenters. The van der Waals surface area contributed by atoms with Crippen molar-refractivity contribution in [2.45, 2.75) is 13.3 Å². The largest absolute Gasteiger partial charge is 0.326 e. The number of hydrogen-bond donors (Lipinski definition) is 1. The van der Waals surface area contributed by atoms with Crippen LogP contribution in [0.1, 0.15) is 22.8 Å². The number of hydrogen-bond acceptors (Lipinski definition) is 3. The van der Waals surface area contributed by atoms with E-state index in [1.165, 1.54) is 4.90 Å². The number of aryl methyl sites for hydroxylation is 1. The van der Waals surface area contributed by atoms with E-state index in [-0.39, 0.29) is 5.91 Å². The number of aromatic nitrogens is 1. The molecule has 1 N–H and O–H groups in total. The second kappa shape index (κ2) is 5.18. The molecule has 1 aliphatic heterocycles. The van der Waals surface area contributed by atoms with Gasteiger partial charge in [0, 0.05) is 6.20 Å². The number of nitrogens with one attached hydrogen (secondary N) is 1. The molecule has 2 aromatic rings. The molecule has 1 aliphatic rings. The molecule has 2 amide bonds. The number of carbonyl (C=O) groups is 2. The first-order valence-electron chi connectivity index (χ1n) is 6.50. The minimum absolute atomic E-state index is 0.282. The summed E-state index contributed by atoms with van der Waals surface area (Å²) in [6.45, 7) is 2.00. The topological polar surface area (TPSA) is 62.3 Å². The zero-order chi connectivity index (χ0) is 15.0. The molecule has 0 spiro atoms. The minimum atomic E-state index is -0.711. The van der Waals surface area contributed by atoms with Crippen molar-refractivity contribution in [3.05, 3.63) is 47.7 Å². The lowest BCUT2D eigenvalue weighted by Gasteiger charge is -2.19. The molecule has 0 unspecified atom stereocenters. The van der Waals surface area contributed by atoms with Gasteiger partial charge >= 0.3 is 5.37 Å². The molecule has 2 heterocycles. The summed E-state index contributed by atoms with van der Waals surface area (Å²) < 4.78 is 0. The normalized spacial score (nSPS) is 13.0. The van der Waals surface area contributed by atoms with Crippen molar-refractivity contribution in [1.29, 1.82) is 0 Å². The van der Waals surface area contributed by atoms with E-state index in [0.717, 1.165) is 12.0 Å². The van der Waals surface area contributed by atoms with Crippen molar-refractivity contribution < 1.29 is 9.59 Å². The molecule has 0 aliphatic carbocycles. The Bertz CT molecular complexity index is 745. The Kier molecular flexibility index (Phi) is 3.35. The lowest BCUT2D eigenvalue weighted by Crippen LogP contribution is -2.21. The fourth-order valence-electron chi connectivity index (χ4n) is 2.33. The van der Waals surface area contributed by atoms with Crippen LogP contribution in [0.2, 0.25) is 0 Å². The van der Waals surface area contributed by atoms with Gasteiger partial charge < -0.3 is 5.32 Å². The number of benzene rings is 1. The lowest BCUT2D eigenvalue weighted by molar-refractivity contribution is 0.102. The fourth-order valence-corrected chi connectivity index (χ4v) is 2.51. The Labute approximate surface area is 126 Å². The highest BCUT2D eigenvalue weighted by Gasteiger charge is 2.29. The third-order valence-electron chi connectivity index (χ3n) is 3.38. The molecule has 0 bridgehead atoms. The highest BCUT2D eigenvalue weighted by molar-refractivity contribution is 6.67. The molecule has 5 nitrogen and oxygen atoms in total. The maximum Gasteiger partial charge on any atom is 0.326 e. The molecule has 0 fully saturated rings. The van der Waals surface area contributed by atoms with Gasteiger partial charge in [-0.05, 0) is 47.9 Å². The molecular formula is C15H12ClN3O2. The van der Waals surface area contributed by atoms with Crippen molar-refractivity contribution in [2.24, 2.45) is 0 Å². The molecule has 3 rings (SSSR count). The molecule has 106 valence electrons. The predicted octanol–water partition coefficient (Wildman–Crippen LogP) is 3.71. The highest BCUT2D eigenvalue weighted by Crippen LogP contribution is 2.37. The first kappa shape index (κ1) is 13.6. The number of halogens is 1. The van der Waals surface area contributed by atoms with E-state index in [9.17, 15) is 9.59 Å². The Balaban J connectivity index is 2.28. The minimum Gasteiger partial charge on any atom is -0.319 e. The summed E-state index contributed by atoms with van der Waals surface area (Å²) in [6.07, 6.45) is 2.34. The van der Waals surface area contributed by atoms with E-state index in [1.54, 1.807) is 30.5 Å². The van der Waals surface area contributed by atoms with Crippen LogP contribution in [0.4, 0.5) is 22.0 Å². The SMILES string of the molecule is CCc1ccc2c(c1)C(=O)Nc1cccnc1N2C(=O)Cl. The number of pyridine rings is 1. The van der Waals surface area contributed by atoms with Gasteiger partial charge in [0.15, 0.2) is 5.82 Å². The summed E-state index contributed by atoms with van der Waals surface area (Å²) in [4.78, 5) is 29.6. The van der Waals surface area contributed by atoms with Crippen LogP contribution in [-0.2, 0) is 6.42 Å². The molecule has 1 aromatic carbocycles. The van der Waals surface area contributed by atoms with Crippen LogP contribution in [0.25, 0.3) is 0 Å². The quantitative estimate of drug-likeness (QED) is 0.645. The van der Waals surface area contributed by atoms with Crippen LogP contribution in [0.15, 0.2) is 36.5 Å². The Hall–Kier alpha value is -2.40. The van der Waals surface area contributed by atoms with E-state index in [2.05, 4.69) is 10.3 Å². The number of anilines is 3. The van der Waals surface area contributed by atoms with Crippen molar-refractivity contribution in [3.8, 4) is 0 Å². The number of nitrogens with zero attached hydrogens (tertiary/aromatic N) is 2. The number of rotatable bonds is 1. The summed E-state index contributed by atoms with van der Waals surface area (Å²) >= 11 is 5.71. The van der Waals surface area contributed by atoms with E-state index >= 15 is 0 Å². The standard InChI is InChI=1S/C15H12ClN3O2/c1-2-9-5-6-12-10(8-9)14(20)18-11-4-3-7-17-13(11)19(12)15(16)21/h3-8H,2H2,1H3,(H,18,20). The average Bonchev–Trinajstić information content (AvgIpc) is 2.60. The fraction of sp³-hybridized carbons (Fsp3) is 0.133. The zero-order valence-corrected chi connectivity index (χ0v) is 12.0. The van der Waals surface area contributed by atoms with Gasteiger partial charge in [0.25, 0.3) is 5.91 Å². The zero-order valence-electron chi connectivity index (χ0n) is 11.3. The monoisotopic (exact) mass is 301 g/mol. The predicted molar refractivity (Wildman–Crippen MR) is 81.4 cm³/mol. The number of carbonyl (C=O) groups excluding carboxylic acids is 2. The van der Waals surface area contributed by atoms with Crippen LogP contribution in [0, 0.1) is 0 Å². The Morgan fingerprint density at radius 2 is 2.19 bits per heavy atom. The van der Waals surface area contributed by atoms with Crippen LogP contribution >= 0.6 is 11.6 Å². The Morgan fingerprint density at radius 3 is 2.90 bits per heavy atom. The van der Waals surface area contributed by atoms with Crippen LogP contribution in [0.3, 0.4) is 0 Å². The molecule has 0 radical (unpaired) electrons. The molecule has 6 heteroatoms. The first-order valence-corrected chi connectivity index (χ1v) is 6.88. The third-order valence-corrected chi connectivity index (χ3v) is 3.55. The third kappa shape index (κ3) is 2.25. The van der Waals surface area contributed by atoms with Gasteiger partial charge in [-0.1, -0.05) is 13.0 Å². The van der Waals surface area contributed by atoms with Gasteiger partial charge in [-0.25, -0.2) is 9.88 Å². The van der Waals surface area contributed by atoms with E-state index in [1.807, 2.05) is 13.0 Å². The molecule has 0 saturated carbocycles. The summed E-state index contributed by atoms with van der Waals surface area (Å²) in [5.41, 5.74) is 2.29. The van der Waals surface area contributed by atoms with Crippen molar-refractivity contribution in [1.82, 2.24) is 4.98 Å². The maximum absolute atomic E-state index is 12.4. The smallest absolute Gasteiger partial charge is 0.319 e. The first-order chi connectivity index (χ1) is 10.1. The average molecular weight is 302 g/mol. The van der Waals surface area contributed by atoms with Gasteiger partial charge in [0.1, 0.15) is 0 Å². The molecule has 21 heavy (non-hydrogen) atoms. The van der Waals surface area contributed by atoms with Gasteiger partial charge in [-0.15, -0.1) is 0 Å². The van der Waals surface area contributed by atoms with Gasteiger partial charge in [0.05, 0.1) is 16.9 Å². The van der Waals surface area contributed by atoms with Gasteiger partial charge in [0.2, 0.25) is 0 Å². The summed E-state index contributed by atoms with van der Waals surface area (Å²) in [6, 6.07) is 8.72. The van der Waals surface area contributed by atoms with Crippen LogP contribution < -0.4 is 10.2 Å². The van der Waals surface area contributed by atoms with Gasteiger partial charge in [-0.2, -0.15) is 0 Å². The van der Waals surface area contributed by atoms with Crippen LogP contribution in [0.5, 0.6) is 0 Å². The van der Waals surface area contributed by atoms with Crippen LogP contribution in [-0.4, -0.2) is 16.3 Å². The van der Waals surface area contributed by atoms with Crippen molar-refractivity contribution >= 4 is 40.1 Å². The summed E-state index contributed by atoms with van der Waals surface area (Å²) in [5, 5.41) is 2.05. The summed E-state index contributed by atoms with van der Waals surface area (Å²) in [7, 11) is 0. The van der Waals surface area contributed by atoms with Crippen molar-refractivity contribution in [3.63, 3.8) is 0 Å². The highest BCUT2D eigenvalue weighted by atomic mass is 35.5. The van der Waals surface area contributed by atoms with E-state index < -0.39 is 5.37 Å². The Morgan fingerprint density at radius 1 is 1.38 bits per heavy atom. The second-order valence-electron chi connectivity index (χ2n) is 4.62. The molecule has 1 aromatic heterocycles. The maximum atomic E-state index is 12.4. The molecule has 0 saturated heterocycles. The van der Waals surface area contributed by atoms with E-state index in [0.29, 0.717) is 22.8 Å². The second-order valence-corrected chi connectivity index (χ2v) is 4.95. The number of amides is 2. The van der Waals surface area contributed by atoms with Crippen molar-refractivity contribution in [2.75, 3.05) is 10.2 Å². The van der Waals surface area contributed by atoms with Gasteiger partial charge in [-0.3, -0.25) is 9.59 Å². The number of fused-ring (bicyclic) bond motifs is 2. The summed E-state index contributed by atoms with van der Waals surface area (Å²) in [5.74, 6) is 0.0313. The lowest BCUT2D eigenvalue weighted by atomic mass is 10.1. The van der Waals surface area contributed by atoms with E-state index in [4.69, 9.17) is 11.6 Å².